The zero-order chi connectivity index (χ0) is 12.1. The van der Waals surface area contributed by atoms with Gasteiger partial charge in [0.25, 0.3) is 0 Å². The minimum Gasteiger partial charge on any atom is -0.337 e. The largest absolute Gasteiger partial charge is 0.337 e. The van der Waals surface area contributed by atoms with Crippen LogP contribution >= 0.6 is 0 Å². The topological polar surface area (TPSA) is 55.6 Å². The number of hydrogen-bond donors (Lipinski definition) is 1. The zero-order valence-electron chi connectivity index (χ0n) is 9.84. The van der Waals surface area contributed by atoms with Crippen LogP contribution in [0.5, 0.6) is 0 Å². The number of rotatable bonds is 4. The highest BCUT2D eigenvalue weighted by Crippen LogP contribution is 2.18. The number of amides is 1. The van der Waals surface area contributed by atoms with E-state index in [2.05, 4.69) is 4.84 Å². The summed E-state index contributed by atoms with van der Waals surface area (Å²) in [5.41, 5.74) is 1.05. The van der Waals surface area contributed by atoms with Gasteiger partial charge >= 0.3 is 0 Å². The van der Waals surface area contributed by atoms with Gasteiger partial charge in [0.1, 0.15) is 0 Å². The first-order chi connectivity index (χ1) is 8.31. The summed E-state index contributed by atoms with van der Waals surface area (Å²) in [7, 11) is 0. The van der Waals surface area contributed by atoms with Gasteiger partial charge < -0.3 is 9.74 Å². The summed E-state index contributed by atoms with van der Waals surface area (Å²) in [6.07, 6.45) is 2.48. The Kier molecular flexibility index (Phi) is 4.12. The molecule has 1 unspecified atom stereocenters. The molecule has 0 spiro atoms. The standard InChI is InChI=1S/C13H18N2O2/c14-17-10-12-7-4-8-15(12)13(16)9-11-5-2-1-3-6-11/h1-3,5-6,12H,4,7-10,14H2. The van der Waals surface area contributed by atoms with Crippen LogP contribution in [0.15, 0.2) is 30.3 Å². The number of likely N-dealkylation sites (tertiary alicyclic amines) is 1. The average molecular weight is 234 g/mol. The fourth-order valence-corrected chi connectivity index (χ4v) is 2.32. The van der Waals surface area contributed by atoms with Crippen LogP contribution in [0.3, 0.4) is 0 Å². The van der Waals surface area contributed by atoms with Crippen LogP contribution < -0.4 is 5.90 Å². The fraction of sp³-hybridized carbons (Fsp3) is 0.462. The highest BCUT2D eigenvalue weighted by molar-refractivity contribution is 5.79. The van der Waals surface area contributed by atoms with Crippen molar-refractivity contribution in [1.82, 2.24) is 4.90 Å². The Morgan fingerprint density at radius 1 is 1.41 bits per heavy atom. The maximum Gasteiger partial charge on any atom is 0.227 e. The van der Waals surface area contributed by atoms with Crippen molar-refractivity contribution < 1.29 is 9.63 Å². The molecule has 4 heteroatoms. The van der Waals surface area contributed by atoms with Crippen LogP contribution in [-0.2, 0) is 16.1 Å². The molecule has 2 rings (SSSR count). The van der Waals surface area contributed by atoms with E-state index in [1.165, 1.54) is 0 Å². The van der Waals surface area contributed by atoms with Crippen molar-refractivity contribution in [3.05, 3.63) is 35.9 Å². The summed E-state index contributed by atoms with van der Waals surface area (Å²) >= 11 is 0. The first-order valence-corrected chi connectivity index (χ1v) is 5.96. The maximum absolute atomic E-state index is 12.1. The van der Waals surface area contributed by atoms with Gasteiger partial charge in [0.2, 0.25) is 5.91 Å². The second kappa shape index (κ2) is 5.80. The summed E-state index contributed by atoms with van der Waals surface area (Å²) in [5, 5.41) is 0. The predicted molar refractivity (Wildman–Crippen MR) is 65.0 cm³/mol. The van der Waals surface area contributed by atoms with Crippen molar-refractivity contribution in [2.45, 2.75) is 25.3 Å². The first kappa shape index (κ1) is 12.1. The van der Waals surface area contributed by atoms with Gasteiger partial charge in [-0.3, -0.25) is 4.79 Å². The van der Waals surface area contributed by atoms with Crippen LogP contribution in [0.2, 0.25) is 0 Å². The molecule has 92 valence electrons. The number of benzene rings is 1. The van der Waals surface area contributed by atoms with E-state index in [-0.39, 0.29) is 11.9 Å². The monoisotopic (exact) mass is 234 g/mol. The molecule has 2 N–H and O–H groups in total. The van der Waals surface area contributed by atoms with Crippen LogP contribution in [-0.4, -0.2) is 30.0 Å². The van der Waals surface area contributed by atoms with Gasteiger partial charge in [-0.15, -0.1) is 0 Å². The minimum atomic E-state index is 0.149. The Labute approximate surface area is 101 Å². The summed E-state index contributed by atoms with van der Waals surface area (Å²) in [4.78, 5) is 18.7. The quantitative estimate of drug-likeness (QED) is 0.794. The molecule has 1 amide bonds. The Bertz CT molecular complexity index is 367. The Morgan fingerprint density at radius 2 is 2.18 bits per heavy atom. The summed E-state index contributed by atoms with van der Waals surface area (Å²) in [6, 6.07) is 9.95. The van der Waals surface area contributed by atoms with E-state index in [0.717, 1.165) is 24.9 Å². The third-order valence-electron chi connectivity index (χ3n) is 3.18. The Hall–Kier alpha value is -1.39. The molecule has 1 fully saturated rings. The van der Waals surface area contributed by atoms with E-state index in [0.29, 0.717) is 13.0 Å². The lowest BCUT2D eigenvalue weighted by Crippen LogP contribution is -2.39. The number of carbonyl (C=O) groups excluding carboxylic acids is 1. The molecule has 1 aromatic carbocycles. The van der Waals surface area contributed by atoms with Gasteiger partial charge in [-0.2, -0.15) is 0 Å². The maximum atomic E-state index is 12.1. The third-order valence-corrected chi connectivity index (χ3v) is 3.18. The Balaban J connectivity index is 1.95. The van der Waals surface area contributed by atoms with Crippen molar-refractivity contribution in [2.75, 3.05) is 13.2 Å². The molecule has 17 heavy (non-hydrogen) atoms. The lowest BCUT2D eigenvalue weighted by molar-refractivity contribution is -0.132. The lowest BCUT2D eigenvalue weighted by Gasteiger charge is -2.23. The molecular weight excluding hydrogens is 216 g/mol. The van der Waals surface area contributed by atoms with E-state index in [9.17, 15) is 4.79 Å². The normalized spacial score (nSPS) is 19.6. The average Bonchev–Trinajstić information content (AvgIpc) is 2.79. The van der Waals surface area contributed by atoms with Gasteiger partial charge in [0, 0.05) is 6.54 Å². The molecule has 1 aromatic rings. The molecule has 0 bridgehead atoms. The summed E-state index contributed by atoms with van der Waals surface area (Å²) in [6.45, 7) is 1.25. The molecule has 4 nitrogen and oxygen atoms in total. The number of nitrogens with two attached hydrogens (primary N) is 1. The lowest BCUT2D eigenvalue weighted by atomic mass is 10.1. The smallest absolute Gasteiger partial charge is 0.227 e. The molecule has 1 aliphatic rings. The zero-order valence-corrected chi connectivity index (χ0v) is 9.84. The van der Waals surface area contributed by atoms with E-state index in [1.807, 2.05) is 35.2 Å². The molecule has 0 saturated carbocycles. The second-order valence-corrected chi connectivity index (χ2v) is 4.38. The number of hydrogen-bond acceptors (Lipinski definition) is 3. The molecule has 1 heterocycles. The van der Waals surface area contributed by atoms with Crippen LogP contribution in [0.1, 0.15) is 18.4 Å². The van der Waals surface area contributed by atoms with Crippen LogP contribution in [0, 0.1) is 0 Å². The SMILES string of the molecule is NOCC1CCCN1C(=O)Cc1ccccc1. The van der Waals surface area contributed by atoms with E-state index in [4.69, 9.17) is 5.90 Å². The molecule has 0 radical (unpaired) electrons. The summed E-state index contributed by atoms with van der Waals surface area (Å²) < 4.78 is 0. The van der Waals surface area contributed by atoms with Crippen molar-refractivity contribution >= 4 is 5.91 Å². The van der Waals surface area contributed by atoms with Crippen molar-refractivity contribution in [3.63, 3.8) is 0 Å². The second-order valence-electron chi connectivity index (χ2n) is 4.38. The predicted octanol–water partition coefficient (Wildman–Crippen LogP) is 1.11. The van der Waals surface area contributed by atoms with Gasteiger partial charge in [0.05, 0.1) is 19.1 Å². The highest BCUT2D eigenvalue weighted by atomic mass is 16.6. The van der Waals surface area contributed by atoms with Crippen molar-refractivity contribution in [3.8, 4) is 0 Å². The highest BCUT2D eigenvalue weighted by Gasteiger charge is 2.28. The fourth-order valence-electron chi connectivity index (χ4n) is 2.32. The molecule has 1 atom stereocenters. The molecule has 0 aliphatic carbocycles. The molecule has 1 saturated heterocycles. The van der Waals surface area contributed by atoms with Crippen molar-refractivity contribution in [2.24, 2.45) is 5.90 Å². The third kappa shape index (κ3) is 3.05. The van der Waals surface area contributed by atoms with Gasteiger partial charge in [0.15, 0.2) is 0 Å². The number of carbonyl (C=O) groups is 1. The molecule has 0 aromatic heterocycles. The first-order valence-electron chi connectivity index (χ1n) is 5.96. The molecule has 1 aliphatic heterocycles. The van der Waals surface area contributed by atoms with E-state index < -0.39 is 0 Å². The minimum absolute atomic E-state index is 0.149. The van der Waals surface area contributed by atoms with E-state index in [1.54, 1.807) is 0 Å². The molecular formula is C13H18N2O2. The van der Waals surface area contributed by atoms with Gasteiger partial charge in [-0.05, 0) is 18.4 Å². The van der Waals surface area contributed by atoms with Gasteiger partial charge in [-0.25, -0.2) is 5.90 Å². The number of nitrogens with zero attached hydrogens (tertiary/aromatic N) is 1. The Morgan fingerprint density at radius 3 is 2.88 bits per heavy atom. The van der Waals surface area contributed by atoms with Crippen LogP contribution in [0.4, 0.5) is 0 Å². The summed E-state index contributed by atoms with van der Waals surface area (Å²) in [5.74, 6) is 5.25. The van der Waals surface area contributed by atoms with Gasteiger partial charge in [-0.1, -0.05) is 30.3 Å². The van der Waals surface area contributed by atoms with Crippen molar-refractivity contribution in [1.29, 1.82) is 0 Å². The van der Waals surface area contributed by atoms with Crippen LogP contribution in [0.25, 0.3) is 0 Å². The van der Waals surface area contributed by atoms with E-state index >= 15 is 0 Å².